The van der Waals surface area contributed by atoms with E-state index >= 15 is 0 Å². The number of aromatic nitrogens is 2. The number of fused-ring (bicyclic) bond motifs is 1. The van der Waals surface area contributed by atoms with Gasteiger partial charge in [0.05, 0.1) is 6.26 Å². The van der Waals surface area contributed by atoms with Crippen LogP contribution in [0.5, 0.6) is 0 Å². The van der Waals surface area contributed by atoms with Gasteiger partial charge in [0, 0.05) is 24.2 Å². The van der Waals surface area contributed by atoms with E-state index in [0.717, 1.165) is 19.6 Å². The zero-order valence-electron chi connectivity index (χ0n) is 13.9. The van der Waals surface area contributed by atoms with Gasteiger partial charge in [-0.3, -0.25) is 14.1 Å². The van der Waals surface area contributed by atoms with Crippen LogP contribution >= 0.6 is 0 Å². The lowest BCUT2D eigenvalue weighted by molar-refractivity contribution is -0.144. The molecule has 0 aliphatic carbocycles. The van der Waals surface area contributed by atoms with E-state index < -0.39 is 33.1 Å². The Hall–Kier alpha value is -3.02. The van der Waals surface area contributed by atoms with Crippen molar-refractivity contribution < 1.29 is 26.0 Å². The molecule has 8 nitrogen and oxygen atoms in total. The van der Waals surface area contributed by atoms with Gasteiger partial charge in [-0.2, -0.15) is 13.2 Å². The molecule has 0 spiro atoms. The fourth-order valence-electron chi connectivity index (χ4n) is 2.59. The van der Waals surface area contributed by atoms with Crippen LogP contribution in [0.4, 0.5) is 18.9 Å². The third-order valence-electron chi connectivity index (χ3n) is 3.71. The summed E-state index contributed by atoms with van der Waals surface area (Å²) in [4.78, 5) is 24.6. The maximum Gasteiger partial charge on any atom is 0.431 e. The Bertz CT molecular complexity index is 1270. The van der Waals surface area contributed by atoms with E-state index in [1.54, 1.807) is 0 Å². The average Bonchev–Trinajstić information content (AvgIpc) is 2.91. The van der Waals surface area contributed by atoms with Gasteiger partial charge in [0.25, 0.3) is 5.56 Å². The van der Waals surface area contributed by atoms with Crippen LogP contribution in [-0.2, 0) is 23.2 Å². The molecule has 0 aliphatic rings. The van der Waals surface area contributed by atoms with Crippen LogP contribution in [0.3, 0.4) is 0 Å². The highest BCUT2D eigenvalue weighted by Crippen LogP contribution is 2.29. The molecule has 0 amide bonds. The molecule has 27 heavy (non-hydrogen) atoms. The second-order valence-corrected chi connectivity index (χ2v) is 7.50. The van der Waals surface area contributed by atoms with Crippen LogP contribution in [-0.4, -0.2) is 23.8 Å². The summed E-state index contributed by atoms with van der Waals surface area (Å²) in [5.74, 6) is 0. The van der Waals surface area contributed by atoms with E-state index in [1.807, 2.05) is 0 Å². The number of hydrogen-bond acceptors (Lipinski definition) is 5. The summed E-state index contributed by atoms with van der Waals surface area (Å²) in [6, 6.07) is 4.40. The molecule has 0 atom stereocenters. The monoisotopic (exact) mass is 403 g/mol. The Morgan fingerprint density at radius 3 is 2.41 bits per heavy atom. The van der Waals surface area contributed by atoms with Gasteiger partial charge in [-0.15, -0.1) is 0 Å². The van der Waals surface area contributed by atoms with Gasteiger partial charge in [0.1, 0.15) is 23.2 Å². The highest BCUT2D eigenvalue weighted by atomic mass is 32.2. The minimum absolute atomic E-state index is 0.110. The summed E-state index contributed by atoms with van der Waals surface area (Å²) in [5, 5.41) is 0.169. The van der Waals surface area contributed by atoms with Crippen molar-refractivity contribution in [2.75, 3.05) is 11.0 Å². The second-order valence-electron chi connectivity index (χ2n) is 5.75. The molecule has 0 radical (unpaired) electrons. The van der Waals surface area contributed by atoms with Crippen molar-refractivity contribution in [1.82, 2.24) is 9.13 Å². The van der Waals surface area contributed by atoms with Crippen molar-refractivity contribution in [2.24, 2.45) is 7.05 Å². The van der Waals surface area contributed by atoms with Crippen LogP contribution in [0.2, 0.25) is 0 Å². The molecule has 0 saturated heterocycles. The molecule has 1 N–H and O–H groups in total. The number of rotatable bonds is 3. The Balaban J connectivity index is 2.27. The number of alkyl halides is 3. The van der Waals surface area contributed by atoms with Crippen molar-refractivity contribution in [1.29, 1.82) is 0 Å². The maximum atomic E-state index is 13.0. The van der Waals surface area contributed by atoms with Crippen LogP contribution in [0.25, 0.3) is 16.7 Å². The maximum absolute atomic E-state index is 13.0. The standard InChI is InChI=1S/C15H12F3N3O5S/c1-20-12(15(16,17)18)6-13(22)21(14(20)23)10-7-26-11-4-3-8(5-9(10)11)19-27(2,24)25/h3-7,19H,1-2H3. The van der Waals surface area contributed by atoms with Crippen molar-refractivity contribution in [3.63, 3.8) is 0 Å². The molecule has 12 heteroatoms. The fourth-order valence-corrected chi connectivity index (χ4v) is 3.14. The first-order chi connectivity index (χ1) is 12.4. The molecular formula is C15H12F3N3O5S. The zero-order chi connectivity index (χ0) is 20.1. The van der Waals surface area contributed by atoms with E-state index in [4.69, 9.17) is 4.42 Å². The van der Waals surface area contributed by atoms with E-state index in [-0.39, 0.29) is 22.3 Å². The first-order valence-electron chi connectivity index (χ1n) is 7.28. The fraction of sp³-hybridized carbons (Fsp3) is 0.200. The van der Waals surface area contributed by atoms with E-state index in [2.05, 4.69) is 4.72 Å². The SMILES string of the molecule is Cn1c(C(F)(F)F)cc(=O)n(-c2coc3ccc(NS(C)(=O)=O)cc23)c1=O. The molecular weight excluding hydrogens is 391 g/mol. The molecule has 1 aromatic carbocycles. The molecule has 0 fully saturated rings. The van der Waals surface area contributed by atoms with Gasteiger partial charge in [0.2, 0.25) is 10.0 Å². The number of furan rings is 1. The van der Waals surface area contributed by atoms with Crippen LogP contribution < -0.4 is 16.0 Å². The number of nitrogens with one attached hydrogen (secondary N) is 1. The lowest BCUT2D eigenvalue weighted by Crippen LogP contribution is -2.40. The van der Waals surface area contributed by atoms with Gasteiger partial charge >= 0.3 is 11.9 Å². The number of sulfonamides is 1. The Labute approximate surface area is 149 Å². The Morgan fingerprint density at radius 1 is 1.15 bits per heavy atom. The Kier molecular flexibility index (Phi) is 4.18. The van der Waals surface area contributed by atoms with Gasteiger partial charge < -0.3 is 4.42 Å². The second kappa shape index (κ2) is 6.01. The van der Waals surface area contributed by atoms with Gasteiger partial charge in [0.15, 0.2) is 0 Å². The first kappa shape index (κ1) is 18.8. The van der Waals surface area contributed by atoms with Gasteiger partial charge in [-0.25, -0.2) is 17.8 Å². The van der Waals surface area contributed by atoms with Crippen molar-refractivity contribution in [3.8, 4) is 5.69 Å². The largest absolute Gasteiger partial charge is 0.462 e. The number of nitrogens with zero attached hydrogens (tertiary/aromatic N) is 2. The Morgan fingerprint density at radius 2 is 1.81 bits per heavy atom. The van der Waals surface area contributed by atoms with Crippen LogP contribution in [0.15, 0.2) is 44.5 Å². The summed E-state index contributed by atoms with van der Waals surface area (Å²) in [6.45, 7) is 0. The number of hydrogen-bond donors (Lipinski definition) is 1. The van der Waals surface area contributed by atoms with Crippen molar-refractivity contribution in [3.05, 3.63) is 57.1 Å². The molecule has 2 heterocycles. The summed E-state index contributed by atoms with van der Waals surface area (Å²) in [7, 11) is -2.70. The third kappa shape index (κ3) is 3.47. The molecule has 2 aromatic heterocycles. The molecule has 3 rings (SSSR count). The number of halogens is 3. The average molecular weight is 403 g/mol. The molecule has 0 saturated carbocycles. The van der Waals surface area contributed by atoms with Gasteiger partial charge in [-0.05, 0) is 18.2 Å². The molecule has 3 aromatic rings. The molecule has 144 valence electrons. The van der Waals surface area contributed by atoms with E-state index in [0.29, 0.717) is 15.2 Å². The lowest BCUT2D eigenvalue weighted by Gasteiger charge is -2.13. The van der Waals surface area contributed by atoms with Crippen LogP contribution in [0.1, 0.15) is 5.69 Å². The smallest absolute Gasteiger partial charge is 0.431 e. The minimum Gasteiger partial charge on any atom is -0.462 e. The van der Waals surface area contributed by atoms with E-state index in [9.17, 15) is 31.2 Å². The molecule has 0 aliphatic heterocycles. The van der Waals surface area contributed by atoms with E-state index in [1.165, 1.54) is 18.2 Å². The lowest BCUT2D eigenvalue weighted by atomic mass is 10.2. The zero-order valence-corrected chi connectivity index (χ0v) is 14.7. The quantitative estimate of drug-likeness (QED) is 0.717. The van der Waals surface area contributed by atoms with Crippen molar-refractivity contribution >= 4 is 26.7 Å². The minimum atomic E-state index is -4.88. The number of benzene rings is 1. The predicted octanol–water partition coefficient (Wildman–Crippen LogP) is 1.67. The summed E-state index contributed by atoms with van der Waals surface area (Å²) >= 11 is 0. The predicted molar refractivity (Wildman–Crippen MR) is 90.5 cm³/mol. The topological polar surface area (TPSA) is 103 Å². The summed E-state index contributed by atoms with van der Waals surface area (Å²) in [6.07, 6.45) is -2.91. The van der Waals surface area contributed by atoms with Crippen LogP contribution in [0, 0.1) is 0 Å². The van der Waals surface area contributed by atoms with Gasteiger partial charge in [-0.1, -0.05) is 0 Å². The third-order valence-corrected chi connectivity index (χ3v) is 4.31. The molecule has 0 unspecified atom stereocenters. The first-order valence-corrected chi connectivity index (χ1v) is 9.17. The van der Waals surface area contributed by atoms with Crippen molar-refractivity contribution in [2.45, 2.75) is 6.18 Å². The normalized spacial score (nSPS) is 12.5. The highest BCUT2D eigenvalue weighted by molar-refractivity contribution is 7.92. The summed E-state index contributed by atoms with van der Waals surface area (Å²) in [5.41, 5.74) is -3.58. The summed E-state index contributed by atoms with van der Waals surface area (Å²) < 4.78 is 69.9. The molecule has 0 bridgehead atoms. The highest BCUT2D eigenvalue weighted by Gasteiger charge is 2.35. The number of anilines is 1.